The van der Waals surface area contributed by atoms with Crippen molar-refractivity contribution < 1.29 is 9.59 Å². The minimum absolute atomic E-state index is 0.123. The van der Waals surface area contributed by atoms with Gasteiger partial charge in [0.05, 0.1) is 5.69 Å². The molecule has 2 aromatic heterocycles. The molecular weight excluding hydrogens is 404 g/mol. The molecule has 172 valence electrons. The summed E-state index contributed by atoms with van der Waals surface area (Å²) in [6.07, 6.45) is 5.31. The van der Waals surface area contributed by atoms with Crippen molar-refractivity contribution in [3.63, 3.8) is 0 Å². The quantitative estimate of drug-likeness (QED) is 0.692. The number of hydrogen-bond acceptors (Lipinski definition) is 5. The van der Waals surface area contributed by atoms with Gasteiger partial charge in [-0.3, -0.25) is 14.3 Å². The number of aromatic nitrogens is 3. The lowest BCUT2D eigenvalue weighted by Crippen LogP contribution is -2.49. The molecule has 0 unspecified atom stereocenters. The first-order valence-corrected chi connectivity index (χ1v) is 11.7. The fraction of sp³-hybridized carbons (Fsp3) is 0.583. The number of likely N-dealkylation sites (tertiary alicyclic amines) is 1. The standard InChI is InChI=1S/C24H34N6O2/c1-19-16-20(2)30(26-19)18-24(32)29-11-5-6-21(17-29)8-9-23(31)28-14-12-27(13-15-28)22-7-3-4-10-25-22/h3-4,7,10,16,21H,5-6,8-9,11-15,17-18H2,1-2H3/t21-/m1/s1. The maximum Gasteiger partial charge on any atom is 0.244 e. The smallest absolute Gasteiger partial charge is 0.244 e. The molecular formula is C24H34N6O2. The van der Waals surface area contributed by atoms with E-state index in [4.69, 9.17) is 0 Å². The molecule has 2 aromatic rings. The highest BCUT2D eigenvalue weighted by atomic mass is 16.2. The van der Waals surface area contributed by atoms with Crippen LogP contribution in [0, 0.1) is 19.8 Å². The molecule has 2 aliphatic heterocycles. The number of piperazine rings is 1. The Morgan fingerprint density at radius 1 is 1.03 bits per heavy atom. The predicted molar refractivity (Wildman–Crippen MR) is 123 cm³/mol. The van der Waals surface area contributed by atoms with E-state index in [0.717, 1.165) is 75.7 Å². The molecule has 4 rings (SSSR count). The summed E-state index contributed by atoms with van der Waals surface area (Å²) in [5.74, 6) is 1.73. The van der Waals surface area contributed by atoms with Crippen LogP contribution < -0.4 is 4.90 Å². The Hall–Kier alpha value is -2.90. The van der Waals surface area contributed by atoms with Crippen molar-refractivity contribution >= 4 is 17.6 Å². The van der Waals surface area contributed by atoms with E-state index >= 15 is 0 Å². The van der Waals surface area contributed by atoms with E-state index in [-0.39, 0.29) is 11.8 Å². The number of hydrogen-bond donors (Lipinski definition) is 0. The van der Waals surface area contributed by atoms with Crippen molar-refractivity contribution in [3.05, 3.63) is 41.9 Å². The summed E-state index contributed by atoms with van der Waals surface area (Å²) < 4.78 is 1.79. The third-order valence-electron chi connectivity index (χ3n) is 6.63. The molecule has 1 atom stereocenters. The van der Waals surface area contributed by atoms with Gasteiger partial charge in [-0.25, -0.2) is 4.98 Å². The lowest BCUT2D eigenvalue weighted by Gasteiger charge is -2.36. The van der Waals surface area contributed by atoms with Crippen LogP contribution in [-0.2, 0) is 16.1 Å². The van der Waals surface area contributed by atoms with Gasteiger partial charge in [0.25, 0.3) is 0 Å². The second kappa shape index (κ2) is 10.1. The Kier molecular flexibility index (Phi) is 7.07. The van der Waals surface area contributed by atoms with E-state index in [2.05, 4.69) is 15.0 Å². The van der Waals surface area contributed by atoms with Crippen LogP contribution in [0.4, 0.5) is 5.82 Å². The van der Waals surface area contributed by atoms with Crippen LogP contribution in [0.15, 0.2) is 30.5 Å². The third kappa shape index (κ3) is 5.47. The van der Waals surface area contributed by atoms with Crippen LogP contribution in [-0.4, -0.2) is 75.6 Å². The molecule has 2 aliphatic rings. The zero-order chi connectivity index (χ0) is 22.5. The monoisotopic (exact) mass is 438 g/mol. The Labute approximate surface area is 190 Å². The van der Waals surface area contributed by atoms with Crippen LogP contribution in [0.3, 0.4) is 0 Å². The number of nitrogens with zero attached hydrogens (tertiary/aromatic N) is 6. The number of aryl methyl sites for hydroxylation is 2. The minimum Gasteiger partial charge on any atom is -0.353 e. The molecule has 8 nitrogen and oxygen atoms in total. The Morgan fingerprint density at radius 3 is 2.53 bits per heavy atom. The number of rotatable bonds is 6. The largest absolute Gasteiger partial charge is 0.353 e. The fourth-order valence-corrected chi connectivity index (χ4v) is 4.80. The normalized spacial score (nSPS) is 19.3. The number of carbonyl (C=O) groups excluding carboxylic acids is 2. The number of amides is 2. The molecule has 2 amide bonds. The second-order valence-electron chi connectivity index (χ2n) is 9.03. The zero-order valence-corrected chi connectivity index (χ0v) is 19.2. The number of anilines is 1. The Morgan fingerprint density at radius 2 is 1.84 bits per heavy atom. The molecule has 2 fully saturated rings. The summed E-state index contributed by atoms with van der Waals surface area (Å²) >= 11 is 0. The highest BCUT2D eigenvalue weighted by molar-refractivity contribution is 5.77. The Bertz CT molecular complexity index is 920. The predicted octanol–water partition coefficient (Wildman–Crippen LogP) is 2.26. The maximum atomic E-state index is 12.8. The topological polar surface area (TPSA) is 74.6 Å². The van der Waals surface area contributed by atoms with E-state index in [0.29, 0.717) is 18.9 Å². The van der Waals surface area contributed by atoms with E-state index in [1.165, 1.54) is 0 Å². The highest BCUT2D eigenvalue weighted by Gasteiger charge is 2.26. The summed E-state index contributed by atoms with van der Waals surface area (Å²) in [5, 5.41) is 4.41. The van der Waals surface area contributed by atoms with Crippen LogP contribution >= 0.6 is 0 Å². The van der Waals surface area contributed by atoms with Crippen molar-refractivity contribution in [1.29, 1.82) is 0 Å². The van der Waals surface area contributed by atoms with Crippen LogP contribution in [0.2, 0.25) is 0 Å². The van der Waals surface area contributed by atoms with Crippen molar-refractivity contribution in [1.82, 2.24) is 24.6 Å². The summed E-state index contributed by atoms with van der Waals surface area (Å²) in [6, 6.07) is 7.93. The summed E-state index contributed by atoms with van der Waals surface area (Å²) in [4.78, 5) is 36.1. The number of carbonyl (C=O) groups is 2. The summed E-state index contributed by atoms with van der Waals surface area (Å²) in [7, 11) is 0. The van der Waals surface area contributed by atoms with Gasteiger partial charge in [-0.15, -0.1) is 0 Å². The molecule has 0 radical (unpaired) electrons. The lowest BCUT2D eigenvalue weighted by molar-refractivity contribution is -0.134. The van der Waals surface area contributed by atoms with Crippen LogP contribution in [0.5, 0.6) is 0 Å². The van der Waals surface area contributed by atoms with Crippen molar-refractivity contribution in [2.75, 3.05) is 44.2 Å². The van der Waals surface area contributed by atoms with Gasteiger partial charge in [-0.05, 0) is 57.2 Å². The van der Waals surface area contributed by atoms with E-state index < -0.39 is 0 Å². The first-order chi connectivity index (χ1) is 15.5. The van der Waals surface area contributed by atoms with E-state index in [1.54, 1.807) is 4.68 Å². The van der Waals surface area contributed by atoms with Gasteiger partial charge >= 0.3 is 0 Å². The average Bonchev–Trinajstić information content (AvgIpc) is 3.14. The van der Waals surface area contributed by atoms with Gasteiger partial charge in [-0.1, -0.05) is 6.07 Å². The second-order valence-corrected chi connectivity index (χ2v) is 9.03. The number of pyridine rings is 1. The lowest BCUT2D eigenvalue weighted by atomic mass is 9.93. The molecule has 0 saturated carbocycles. The molecule has 0 aromatic carbocycles. The molecule has 0 N–H and O–H groups in total. The average molecular weight is 439 g/mol. The molecule has 2 saturated heterocycles. The summed E-state index contributed by atoms with van der Waals surface area (Å²) in [5.41, 5.74) is 1.95. The highest BCUT2D eigenvalue weighted by Crippen LogP contribution is 2.22. The van der Waals surface area contributed by atoms with Gasteiger partial charge in [0.2, 0.25) is 11.8 Å². The van der Waals surface area contributed by atoms with Crippen molar-refractivity contribution in [2.45, 2.75) is 46.1 Å². The molecule has 32 heavy (non-hydrogen) atoms. The van der Waals surface area contributed by atoms with Crippen molar-refractivity contribution in [2.24, 2.45) is 5.92 Å². The van der Waals surface area contributed by atoms with E-state index in [1.807, 2.05) is 54.1 Å². The Balaban J connectivity index is 1.21. The van der Waals surface area contributed by atoms with Gasteiger partial charge in [0, 0.05) is 57.6 Å². The minimum atomic E-state index is 0.123. The van der Waals surface area contributed by atoms with Crippen LogP contribution in [0.1, 0.15) is 37.1 Å². The first-order valence-electron chi connectivity index (χ1n) is 11.7. The molecule has 0 bridgehead atoms. The SMILES string of the molecule is Cc1cc(C)n(CC(=O)N2CCC[C@H](CCC(=O)N3CCN(c4ccccn4)CC3)C2)n1. The van der Waals surface area contributed by atoms with E-state index in [9.17, 15) is 9.59 Å². The zero-order valence-electron chi connectivity index (χ0n) is 19.2. The maximum absolute atomic E-state index is 12.8. The molecule has 8 heteroatoms. The number of piperidine rings is 1. The van der Waals surface area contributed by atoms with Crippen molar-refractivity contribution in [3.8, 4) is 0 Å². The molecule has 0 aliphatic carbocycles. The van der Waals surface area contributed by atoms with Gasteiger partial charge in [-0.2, -0.15) is 5.10 Å². The van der Waals surface area contributed by atoms with Crippen LogP contribution in [0.25, 0.3) is 0 Å². The van der Waals surface area contributed by atoms with Gasteiger partial charge < -0.3 is 14.7 Å². The molecule has 4 heterocycles. The molecule has 0 spiro atoms. The first kappa shape index (κ1) is 22.3. The third-order valence-corrected chi connectivity index (χ3v) is 6.63. The van der Waals surface area contributed by atoms with Gasteiger partial charge in [0.1, 0.15) is 12.4 Å². The van der Waals surface area contributed by atoms with Gasteiger partial charge in [0.15, 0.2) is 0 Å². The summed E-state index contributed by atoms with van der Waals surface area (Å²) in [6.45, 7) is 8.90. The fourth-order valence-electron chi connectivity index (χ4n) is 4.80.